The molecule has 122 valence electrons. The molecule has 4 nitrogen and oxygen atoms in total. The zero-order valence-electron chi connectivity index (χ0n) is 13.9. The summed E-state index contributed by atoms with van der Waals surface area (Å²) >= 11 is 0. The van der Waals surface area contributed by atoms with Gasteiger partial charge in [0.25, 0.3) is 0 Å². The Morgan fingerprint density at radius 2 is 1.67 bits per heavy atom. The van der Waals surface area contributed by atoms with Gasteiger partial charge in [-0.2, -0.15) is 4.99 Å². The first kappa shape index (κ1) is 16.0. The van der Waals surface area contributed by atoms with E-state index in [4.69, 9.17) is 0 Å². The maximum Gasteiger partial charge on any atom is 0.248 e. The number of allylic oxidation sites excluding steroid dienone is 1. The fraction of sp³-hybridized carbons (Fsp3) is 0.200. The average molecular weight is 319 g/mol. The normalized spacial score (nSPS) is 11.8. The quantitative estimate of drug-likeness (QED) is 0.663. The van der Waals surface area contributed by atoms with Crippen LogP contribution in [0.15, 0.2) is 72.2 Å². The third-order valence-corrected chi connectivity index (χ3v) is 3.97. The summed E-state index contributed by atoms with van der Waals surface area (Å²) in [6, 6.07) is 18.3. The van der Waals surface area contributed by atoms with E-state index in [0.717, 1.165) is 11.0 Å². The third-order valence-electron chi connectivity index (χ3n) is 3.97. The summed E-state index contributed by atoms with van der Waals surface area (Å²) in [7, 11) is 0. The van der Waals surface area contributed by atoms with Crippen molar-refractivity contribution in [3.8, 4) is 0 Å². The van der Waals surface area contributed by atoms with Gasteiger partial charge in [-0.1, -0.05) is 55.5 Å². The number of para-hydroxylation sites is 2. The highest BCUT2D eigenvalue weighted by molar-refractivity contribution is 5.78. The van der Waals surface area contributed by atoms with Crippen LogP contribution in [0.3, 0.4) is 0 Å². The molecule has 2 aromatic carbocycles. The zero-order chi connectivity index (χ0) is 16.9. The lowest BCUT2D eigenvalue weighted by atomic mass is 10.2. The second-order valence-electron chi connectivity index (χ2n) is 5.62. The maximum atomic E-state index is 12.0. The predicted molar refractivity (Wildman–Crippen MR) is 96.5 cm³/mol. The molecule has 24 heavy (non-hydrogen) atoms. The van der Waals surface area contributed by atoms with Crippen LogP contribution < -0.4 is 5.62 Å². The highest BCUT2D eigenvalue weighted by Gasteiger charge is 2.12. The number of benzene rings is 2. The molecule has 0 saturated carbocycles. The molecule has 0 spiro atoms. The molecule has 3 rings (SSSR count). The molecule has 0 atom stereocenters. The molecule has 1 amide bonds. The van der Waals surface area contributed by atoms with Crippen molar-refractivity contribution in [2.75, 3.05) is 0 Å². The Labute approximate surface area is 141 Å². The molecule has 0 aliphatic heterocycles. The SMILES string of the molecule is C=CCn1c(=NC(=O)CC)n(Cc2ccccc2)c2ccccc21. The molecule has 3 aromatic rings. The Balaban J connectivity index is 2.28. The summed E-state index contributed by atoms with van der Waals surface area (Å²) in [6.45, 7) is 6.94. The van der Waals surface area contributed by atoms with Crippen molar-refractivity contribution in [2.24, 2.45) is 4.99 Å². The molecule has 1 heterocycles. The summed E-state index contributed by atoms with van der Waals surface area (Å²) in [5.74, 6) is -0.120. The van der Waals surface area contributed by atoms with Crippen LogP contribution in [0, 0.1) is 0 Å². The fourth-order valence-corrected chi connectivity index (χ4v) is 2.82. The molecule has 0 bridgehead atoms. The molecule has 0 saturated heterocycles. The van der Waals surface area contributed by atoms with Crippen LogP contribution in [0.2, 0.25) is 0 Å². The third kappa shape index (κ3) is 3.08. The van der Waals surface area contributed by atoms with Crippen LogP contribution >= 0.6 is 0 Å². The molecule has 0 aliphatic rings. The summed E-state index contributed by atoms with van der Waals surface area (Å²) in [6.07, 6.45) is 2.22. The largest absolute Gasteiger partial charge is 0.306 e. The van der Waals surface area contributed by atoms with Crippen LogP contribution in [-0.2, 0) is 17.9 Å². The lowest BCUT2D eigenvalue weighted by Crippen LogP contribution is -2.27. The molecular weight excluding hydrogens is 298 g/mol. The first-order valence-corrected chi connectivity index (χ1v) is 8.15. The first-order valence-electron chi connectivity index (χ1n) is 8.15. The molecule has 4 heteroatoms. The Kier molecular flexibility index (Phi) is 4.75. The van der Waals surface area contributed by atoms with Gasteiger partial charge in [0.05, 0.1) is 17.6 Å². The fourth-order valence-electron chi connectivity index (χ4n) is 2.82. The van der Waals surface area contributed by atoms with Gasteiger partial charge in [-0.15, -0.1) is 6.58 Å². The van der Waals surface area contributed by atoms with Crippen LogP contribution in [0.25, 0.3) is 11.0 Å². The predicted octanol–water partition coefficient (Wildman–Crippen LogP) is 3.51. The van der Waals surface area contributed by atoms with Gasteiger partial charge < -0.3 is 9.13 Å². The van der Waals surface area contributed by atoms with Gasteiger partial charge in [-0.3, -0.25) is 4.79 Å². The second kappa shape index (κ2) is 7.13. The summed E-state index contributed by atoms with van der Waals surface area (Å²) in [5, 5.41) is 0. The van der Waals surface area contributed by atoms with Crippen molar-refractivity contribution in [2.45, 2.75) is 26.4 Å². The van der Waals surface area contributed by atoms with Crippen molar-refractivity contribution in [3.63, 3.8) is 0 Å². The minimum absolute atomic E-state index is 0.120. The standard InChI is InChI=1S/C20H21N3O/c1-3-14-22-17-12-8-9-13-18(17)23(20(22)21-19(24)4-2)15-16-10-6-5-7-11-16/h3,5-13H,1,4,14-15H2,2H3. The average Bonchev–Trinajstić information content (AvgIpc) is 2.90. The summed E-state index contributed by atoms with van der Waals surface area (Å²) in [5.41, 5.74) is 3.96. The minimum Gasteiger partial charge on any atom is -0.306 e. The van der Waals surface area contributed by atoms with Crippen LogP contribution in [0.4, 0.5) is 0 Å². The van der Waals surface area contributed by atoms with Gasteiger partial charge >= 0.3 is 0 Å². The van der Waals surface area contributed by atoms with E-state index in [1.807, 2.05) is 47.9 Å². The monoisotopic (exact) mass is 319 g/mol. The molecule has 0 fully saturated rings. The molecule has 0 radical (unpaired) electrons. The number of aromatic nitrogens is 2. The smallest absolute Gasteiger partial charge is 0.248 e. The molecule has 0 aliphatic carbocycles. The van der Waals surface area contributed by atoms with E-state index < -0.39 is 0 Å². The minimum atomic E-state index is -0.120. The zero-order valence-corrected chi connectivity index (χ0v) is 13.9. The van der Waals surface area contributed by atoms with Crippen LogP contribution in [0.1, 0.15) is 18.9 Å². The van der Waals surface area contributed by atoms with Crippen molar-refractivity contribution in [3.05, 3.63) is 78.4 Å². The topological polar surface area (TPSA) is 39.3 Å². The second-order valence-corrected chi connectivity index (χ2v) is 5.62. The van der Waals surface area contributed by atoms with E-state index in [2.05, 4.69) is 40.4 Å². The number of rotatable bonds is 5. The van der Waals surface area contributed by atoms with Crippen molar-refractivity contribution >= 4 is 16.9 Å². The molecular formula is C20H21N3O. The van der Waals surface area contributed by atoms with Gasteiger partial charge in [-0.05, 0) is 17.7 Å². The van der Waals surface area contributed by atoms with Crippen molar-refractivity contribution in [1.82, 2.24) is 9.13 Å². The number of carbonyl (C=O) groups excluding carboxylic acids is 1. The number of hydrogen-bond acceptors (Lipinski definition) is 1. The number of fused-ring (bicyclic) bond motifs is 1. The van der Waals surface area contributed by atoms with E-state index in [-0.39, 0.29) is 5.91 Å². The number of imidazole rings is 1. The Bertz CT molecular complexity index is 932. The lowest BCUT2D eigenvalue weighted by Gasteiger charge is -2.05. The number of hydrogen-bond donors (Lipinski definition) is 0. The lowest BCUT2D eigenvalue weighted by molar-refractivity contribution is -0.117. The van der Waals surface area contributed by atoms with E-state index >= 15 is 0 Å². The van der Waals surface area contributed by atoms with E-state index in [0.29, 0.717) is 25.1 Å². The summed E-state index contributed by atoms with van der Waals surface area (Å²) < 4.78 is 4.14. The van der Waals surface area contributed by atoms with E-state index in [9.17, 15) is 4.79 Å². The number of nitrogens with zero attached hydrogens (tertiary/aromatic N) is 3. The Hall–Kier alpha value is -2.88. The van der Waals surface area contributed by atoms with Gasteiger partial charge in [0, 0.05) is 13.0 Å². The van der Waals surface area contributed by atoms with Crippen LogP contribution in [0.5, 0.6) is 0 Å². The first-order chi connectivity index (χ1) is 11.7. The van der Waals surface area contributed by atoms with E-state index in [1.165, 1.54) is 5.56 Å². The Morgan fingerprint density at radius 1 is 1.04 bits per heavy atom. The molecule has 0 N–H and O–H groups in total. The molecule has 1 aromatic heterocycles. The van der Waals surface area contributed by atoms with Gasteiger partial charge in [0.1, 0.15) is 0 Å². The maximum absolute atomic E-state index is 12.0. The summed E-state index contributed by atoms with van der Waals surface area (Å²) in [4.78, 5) is 16.4. The van der Waals surface area contributed by atoms with Gasteiger partial charge in [0.15, 0.2) is 0 Å². The van der Waals surface area contributed by atoms with Crippen molar-refractivity contribution < 1.29 is 4.79 Å². The highest BCUT2D eigenvalue weighted by atomic mass is 16.1. The van der Waals surface area contributed by atoms with Gasteiger partial charge in [0.2, 0.25) is 11.5 Å². The number of amides is 1. The Morgan fingerprint density at radius 3 is 2.29 bits per heavy atom. The van der Waals surface area contributed by atoms with Crippen molar-refractivity contribution in [1.29, 1.82) is 0 Å². The molecule has 0 unspecified atom stereocenters. The number of carbonyl (C=O) groups is 1. The van der Waals surface area contributed by atoms with Gasteiger partial charge in [-0.25, -0.2) is 0 Å². The van der Waals surface area contributed by atoms with E-state index in [1.54, 1.807) is 0 Å². The highest BCUT2D eigenvalue weighted by Crippen LogP contribution is 2.15. The van der Waals surface area contributed by atoms with Crippen LogP contribution in [-0.4, -0.2) is 15.0 Å².